The van der Waals surface area contributed by atoms with Gasteiger partial charge in [0.15, 0.2) is 0 Å². The number of halogens is 2. The third kappa shape index (κ3) is 1.97. The highest BCUT2D eigenvalue weighted by Gasteiger charge is 2.19. The van der Waals surface area contributed by atoms with E-state index >= 15 is 0 Å². The van der Waals surface area contributed by atoms with Gasteiger partial charge < -0.3 is 5.11 Å². The Hall–Kier alpha value is -0.480. The average molecular weight is 178 g/mol. The molecule has 1 N–H and O–H groups in total. The lowest BCUT2D eigenvalue weighted by atomic mass is 10.3. The van der Waals surface area contributed by atoms with Crippen LogP contribution in [-0.4, -0.2) is 11.5 Å². The highest BCUT2D eigenvalue weighted by Crippen LogP contribution is 2.26. The van der Waals surface area contributed by atoms with Crippen LogP contribution in [0.2, 0.25) is 0 Å². The maximum absolute atomic E-state index is 11.9. The van der Waals surface area contributed by atoms with E-state index in [1.54, 1.807) is 6.07 Å². The van der Waals surface area contributed by atoms with Gasteiger partial charge in [0.1, 0.15) is 6.10 Å². The number of alkyl halides is 2. The maximum Gasteiger partial charge on any atom is 0.268 e. The molecule has 4 heteroatoms. The van der Waals surface area contributed by atoms with Crippen molar-refractivity contribution >= 4 is 11.3 Å². The lowest BCUT2D eigenvalue weighted by Crippen LogP contribution is -2.05. The molecule has 62 valence electrons. The Labute approximate surface area is 67.3 Å². The van der Waals surface area contributed by atoms with E-state index in [2.05, 4.69) is 0 Å². The summed E-state index contributed by atoms with van der Waals surface area (Å²) in [6.45, 7) is 1.81. The molecule has 1 atom stereocenters. The van der Waals surface area contributed by atoms with Crippen molar-refractivity contribution in [1.82, 2.24) is 0 Å². The summed E-state index contributed by atoms with van der Waals surface area (Å²) in [7, 11) is 0. The van der Waals surface area contributed by atoms with Gasteiger partial charge in [-0.15, -0.1) is 11.3 Å². The molecular formula is C7H8F2OS. The zero-order valence-electron chi connectivity index (χ0n) is 5.92. The molecule has 1 aromatic rings. The Morgan fingerprint density at radius 3 is 2.45 bits per heavy atom. The summed E-state index contributed by atoms with van der Waals surface area (Å²) < 4.78 is 23.8. The number of aliphatic hydroxyl groups excluding tert-OH is 1. The molecule has 0 fully saturated rings. The van der Waals surface area contributed by atoms with Gasteiger partial charge in [0, 0.05) is 9.75 Å². The molecule has 0 spiro atoms. The van der Waals surface area contributed by atoms with Crippen molar-refractivity contribution in [3.05, 3.63) is 21.9 Å². The van der Waals surface area contributed by atoms with E-state index < -0.39 is 12.5 Å². The van der Waals surface area contributed by atoms with E-state index in [4.69, 9.17) is 5.11 Å². The van der Waals surface area contributed by atoms with Gasteiger partial charge in [0.05, 0.1) is 0 Å². The molecule has 0 saturated heterocycles. The van der Waals surface area contributed by atoms with E-state index in [-0.39, 0.29) is 0 Å². The number of rotatable bonds is 2. The van der Waals surface area contributed by atoms with Crippen LogP contribution in [0, 0.1) is 6.92 Å². The number of aliphatic hydroxyl groups is 1. The molecule has 1 rings (SSSR count). The summed E-state index contributed by atoms with van der Waals surface area (Å²) in [5.41, 5.74) is 0. The second-order valence-corrected chi connectivity index (χ2v) is 3.55. The Morgan fingerprint density at radius 1 is 1.45 bits per heavy atom. The van der Waals surface area contributed by atoms with Crippen molar-refractivity contribution in [3.63, 3.8) is 0 Å². The molecule has 0 bridgehead atoms. The standard InChI is InChI=1S/C7H8F2OS/c1-4-2-3-5(11-4)6(10)7(8)9/h2-3,6-7,10H,1H3. The first-order chi connectivity index (χ1) is 5.11. The van der Waals surface area contributed by atoms with Crippen LogP contribution in [0.3, 0.4) is 0 Å². The SMILES string of the molecule is Cc1ccc(C(O)C(F)F)s1. The molecule has 0 radical (unpaired) electrons. The van der Waals surface area contributed by atoms with Crippen LogP contribution in [0.15, 0.2) is 12.1 Å². The van der Waals surface area contributed by atoms with Gasteiger partial charge in [-0.25, -0.2) is 8.78 Å². The first-order valence-electron chi connectivity index (χ1n) is 3.14. The van der Waals surface area contributed by atoms with E-state index in [1.165, 1.54) is 17.4 Å². The molecule has 1 unspecified atom stereocenters. The quantitative estimate of drug-likeness (QED) is 0.737. The summed E-state index contributed by atoms with van der Waals surface area (Å²) in [6.07, 6.45) is -4.30. The average Bonchev–Trinajstić information content (AvgIpc) is 2.34. The molecule has 0 aliphatic carbocycles. The minimum atomic E-state index is -2.69. The molecule has 0 amide bonds. The zero-order chi connectivity index (χ0) is 8.43. The Morgan fingerprint density at radius 2 is 2.09 bits per heavy atom. The van der Waals surface area contributed by atoms with Crippen LogP contribution < -0.4 is 0 Å². The van der Waals surface area contributed by atoms with Gasteiger partial charge in [-0.3, -0.25) is 0 Å². The van der Waals surface area contributed by atoms with Gasteiger partial charge in [-0.1, -0.05) is 0 Å². The molecule has 1 heterocycles. The van der Waals surface area contributed by atoms with Crippen LogP contribution in [0.5, 0.6) is 0 Å². The number of hydrogen-bond acceptors (Lipinski definition) is 2. The lowest BCUT2D eigenvalue weighted by Gasteiger charge is -2.04. The molecular weight excluding hydrogens is 170 g/mol. The summed E-state index contributed by atoms with van der Waals surface area (Å²) in [5.74, 6) is 0. The fourth-order valence-corrected chi connectivity index (χ4v) is 1.60. The van der Waals surface area contributed by atoms with Gasteiger partial charge in [-0.05, 0) is 19.1 Å². The Bertz CT molecular complexity index is 234. The second-order valence-electron chi connectivity index (χ2n) is 2.23. The highest BCUT2D eigenvalue weighted by atomic mass is 32.1. The summed E-state index contributed by atoms with van der Waals surface area (Å²) in [5, 5.41) is 8.87. The number of hydrogen-bond donors (Lipinski definition) is 1. The minimum Gasteiger partial charge on any atom is -0.382 e. The van der Waals surface area contributed by atoms with Crippen molar-refractivity contribution in [3.8, 4) is 0 Å². The van der Waals surface area contributed by atoms with E-state index in [1.807, 2.05) is 6.92 Å². The summed E-state index contributed by atoms with van der Waals surface area (Å²) in [4.78, 5) is 1.26. The van der Waals surface area contributed by atoms with Crippen molar-refractivity contribution in [2.24, 2.45) is 0 Å². The second kappa shape index (κ2) is 3.28. The Balaban J connectivity index is 2.76. The van der Waals surface area contributed by atoms with Crippen molar-refractivity contribution in [1.29, 1.82) is 0 Å². The maximum atomic E-state index is 11.9. The molecule has 0 saturated carbocycles. The van der Waals surface area contributed by atoms with Crippen LogP contribution in [0.25, 0.3) is 0 Å². The van der Waals surface area contributed by atoms with E-state index in [9.17, 15) is 8.78 Å². The molecule has 0 aromatic carbocycles. The topological polar surface area (TPSA) is 20.2 Å². The Kier molecular flexibility index (Phi) is 2.57. The van der Waals surface area contributed by atoms with Crippen molar-refractivity contribution < 1.29 is 13.9 Å². The van der Waals surface area contributed by atoms with Crippen LogP contribution in [-0.2, 0) is 0 Å². The first kappa shape index (κ1) is 8.62. The van der Waals surface area contributed by atoms with E-state index in [0.717, 1.165) is 4.88 Å². The minimum absolute atomic E-state index is 0.331. The monoisotopic (exact) mass is 178 g/mol. The lowest BCUT2D eigenvalue weighted by molar-refractivity contribution is -0.00369. The molecule has 0 aliphatic rings. The molecule has 11 heavy (non-hydrogen) atoms. The molecule has 1 aromatic heterocycles. The van der Waals surface area contributed by atoms with Gasteiger partial charge in [-0.2, -0.15) is 0 Å². The fraction of sp³-hybridized carbons (Fsp3) is 0.429. The van der Waals surface area contributed by atoms with Gasteiger partial charge in [0.25, 0.3) is 6.43 Å². The van der Waals surface area contributed by atoms with Crippen molar-refractivity contribution in [2.75, 3.05) is 0 Å². The largest absolute Gasteiger partial charge is 0.382 e. The molecule has 0 aliphatic heterocycles. The normalized spacial score (nSPS) is 13.9. The summed E-state index contributed by atoms with van der Waals surface area (Å²) in [6, 6.07) is 3.24. The first-order valence-corrected chi connectivity index (χ1v) is 3.95. The smallest absolute Gasteiger partial charge is 0.268 e. The third-order valence-corrected chi connectivity index (χ3v) is 2.36. The van der Waals surface area contributed by atoms with Crippen LogP contribution in [0.4, 0.5) is 8.78 Å². The number of thiophene rings is 1. The van der Waals surface area contributed by atoms with Crippen LogP contribution in [0.1, 0.15) is 15.9 Å². The fourth-order valence-electron chi connectivity index (χ4n) is 0.737. The highest BCUT2D eigenvalue weighted by molar-refractivity contribution is 7.12. The predicted octanol–water partition coefficient (Wildman–Crippen LogP) is 2.36. The zero-order valence-corrected chi connectivity index (χ0v) is 6.74. The summed E-state index contributed by atoms with van der Waals surface area (Å²) >= 11 is 1.19. The van der Waals surface area contributed by atoms with Crippen LogP contribution >= 0.6 is 11.3 Å². The third-order valence-electron chi connectivity index (χ3n) is 1.29. The van der Waals surface area contributed by atoms with Gasteiger partial charge >= 0.3 is 0 Å². The van der Waals surface area contributed by atoms with E-state index in [0.29, 0.717) is 4.88 Å². The molecule has 1 nitrogen and oxygen atoms in total. The predicted molar refractivity (Wildman–Crippen MR) is 40.0 cm³/mol. The van der Waals surface area contributed by atoms with Crippen molar-refractivity contribution in [2.45, 2.75) is 19.5 Å². The van der Waals surface area contributed by atoms with Gasteiger partial charge in [0.2, 0.25) is 0 Å². The number of aryl methyl sites for hydroxylation is 1.